The van der Waals surface area contributed by atoms with Gasteiger partial charge in [-0.3, -0.25) is 4.79 Å². The summed E-state index contributed by atoms with van der Waals surface area (Å²) in [5.41, 5.74) is -0.0549. The maximum Gasteiger partial charge on any atom is 0.267 e. The van der Waals surface area contributed by atoms with E-state index in [1.807, 2.05) is 0 Å². The molecule has 1 amide bonds. The highest BCUT2D eigenvalue weighted by molar-refractivity contribution is 7.88. The van der Waals surface area contributed by atoms with Crippen LogP contribution in [0, 0.1) is 0 Å². The molecule has 0 bridgehead atoms. The van der Waals surface area contributed by atoms with E-state index in [2.05, 4.69) is 5.32 Å². The van der Waals surface area contributed by atoms with Gasteiger partial charge in [-0.05, 0) is 55.8 Å². The Morgan fingerprint density at radius 1 is 1.12 bits per heavy atom. The highest BCUT2D eigenvalue weighted by Gasteiger charge is 2.30. The number of sulfonamides is 1. The Morgan fingerprint density at radius 2 is 1.68 bits per heavy atom. The molecule has 25 heavy (non-hydrogen) atoms. The molecule has 0 saturated heterocycles. The van der Waals surface area contributed by atoms with Gasteiger partial charge < -0.3 is 10.1 Å². The quantitative estimate of drug-likeness (QED) is 0.802. The van der Waals surface area contributed by atoms with Gasteiger partial charge in [0.25, 0.3) is 5.91 Å². The molecule has 0 fully saturated rings. The molecule has 0 heterocycles. The average molecular weight is 383 g/mol. The van der Waals surface area contributed by atoms with Crippen LogP contribution in [0.2, 0.25) is 5.02 Å². The number of ether oxygens (including phenoxy) is 1. The molecular weight excluding hydrogens is 364 g/mol. The third kappa shape index (κ3) is 6.04. The minimum atomic E-state index is -3.59. The van der Waals surface area contributed by atoms with E-state index >= 15 is 0 Å². The number of halogens is 1. The summed E-state index contributed by atoms with van der Waals surface area (Å²) in [6, 6.07) is 13.1. The molecule has 8 heteroatoms. The Labute approximate surface area is 152 Å². The SMILES string of the molecule is CC(C)(Oc1ccc(Cl)cc1)C(=O)Nc1ccc(CS(N)(=O)=O)cc1. The fourth-order valence-corrected chi connectivity index (χ4v) is 2.82. The normalized spacial score (nSPS) is 11.8. The van der Waals surface area contributed by atoms with Crippen LogP contribution < -0.4 is 15.2 Å². The summed E-state index contributed by atoms with van der Waals surface area (Å²) >= 11 is 5.83. The van der Waals surface area contributed by atoms with Crippen molar-refractivity contribution in [3.8, 4) is 5.75 Å². The van der Waals surface area contributed by atoms with Gasteiger partial charge in [-0.1, -0.05) is 23.7 Å². The zero-order valence-corrected chi connectivity index (χ0v) is 15.4. The molecule has 0 saturated carbocycles. The topological polar surface area (TPSA) is 98.5 Å². The number of benzene rings is 2. The number of hydrogen-bond donors (Lipinski definition) is 2. The third-order valence-electron chi connectivity index (χ3n) is 3.31. The molecule has 0 aliphatic heterocycles. The molecule has 0 unspecified atom stereocenters. The number of hydrogen-bond acceptors (Lipinski definition) is 4. The summed E-state index contributed by atoms with van der Waals surface area (Å²) < 4.78 is 27.9. The van der Waals surface area contributed by atoms with Crippen molar-refractivity contribution in [3.05, 3.63) is 59.1 Å². The van der Waals surface area contributed by atoms with E-state index in [-0.39, 0.29) is 11.7 Å². The molecule has 0 radical (unpaired) electrons. The molecule has 0 atom stereocenters. The zero-order valence-electron chi connectivity index (χ0n) is 13.8. The smallest absolute Gasteiger partial charge is 0.267 e. The lowest BCUT2D eigenvalue weighted by Crippen LogP contribution is -2.42. The summed E-state index contributed by atoms with van der Waals surface area (Å²) in [5, 5.41) is 8.31. The fourth-order valence-electron chi connectivity index (χ4n) is 2.04. The number of nitrogens with one attached hydrogen (secondary N) is 1. The number of primary sulfonamides is 1. The lowest BCUT2D eigenvalue weighted by Gasteiger charge is -2.25. The van der Waals surface area contributed by atoms with Gasteiger partial charge in [-0.15, -0.1) is 0 Å². The largest absolute Gasteiger partial charge is 0.478 e. The monoisotopic (exact) mass is 382 g/mol. The van der Waals surface area contributed by atoms with E-state index in [9.17, 15) is 13.2 Å². The van der Waals surface area contributed by atoms with Crippen molar-refractivity contribution in [3.63, 3.8) is 0 Å². The van der Waals surface area contributed by atoms with Crippen LogP contribution >= 0.6 is 11.6 Å². The molecule has 0 aliphatic rings. The van der Waals surface area contributed by atoms with Crippen LogP contribution in [0.1, 0.15) is 19.4 Å². The first-order valence-electron chi connectivity index (χ1n) is 7.41. The highest BCUT2D eigenvalue weighted by atomic mass is 35.5. The summed E-state index contributed by atoms with van der Waals surface area (Å²) in [6.45, 7) is 3.29. The van der Waals surface area contributed by atoms with Crippen LogP contribution in [0.4, 0.5) is 5.69 Å². The van der Waals surface area contributed by atoms with Crippen molar-refractivity contribution >= 4 is 33.2 Å². The first-order valence-corrected chi connectivity index (χ1v) is 9.50. The molecule has 3 N–H and O–H groups in total. The minimum absolute atomic E-state index is 0.258. The Kier molecular flexibility index (Phi) is 5.72. The second-order valence-electron chi connectivity index (χ2n) is 6.02. The van der Waals surface area contributed by atoms with Gasteiger partial charge >= 0.3 is 0 Å². The predicted octanol–water partition coefficient (Wildman–Crippen LogP) is 2.92. The van der Waals surface area contributed by atoms with Crippen molar-refractivity contribution in [1.29, 1.82) is 0 Å². The predicted molar refractivity (Wildman–Crippen MR) is 98.0 cm³/mol. The van der Waals surface area contributed by atoms with Crippen molar-refractivity contribution in [2.24, 2.45) is 5.14 Å². The second kappa shape index (κ2) is 7.43. The molecule has 2 rings (SSSR count). The van der Waals surface area contributed by atoms with Crippen molar-refractivity contribution < 1.29 is 17.9 Å². The van der Waals surface area contributed by atoms with Crippen LogP contribution in [0.25, 0.3) is 0 Å². The fraction of sp³-hybridized carbons (Fsp3) is 0.235. The highest BCUT2D eigenvalue weighted by Crippen LogP contribution is 2.22. The van der Waals surface area contributed by atoms with Gasteiger partial charge in [0.1, 0.15) is 5.75 Å². The van der Waals surface area contributed by atoms with Gasteiger partial charge in [-0.25, -0.2) is 13.6 Å². The molecule has 0 aliphatic carbocycles. The summed E-state index contributed by atoms with van der Waals surface area (Å²) in [4.78, 5) is 12.4. The number of carbonyl (C=O) groups excluding carboxylic acids is 1. The molecular formula is C17H19ClN2O4S. The van der Waals surface area contributed by atoms with Gasteiger partial charge in [0.2, 0.25) is 10.0 Å². The van der Waals surface area contributed by atoms with Gasteiger partial charge in [0, 0.05) is 10.7 Å². The first-order chi connectivity index (χ1) is 11.5. The number of nitrogens with two attached hydrogens (primary N) is 1. The number of rotatable bonds is 6. The van der Waals surface area contributed by atoms with E-state index < -0.39 is 15.6 Å². The van der Waals surface area contributed by atoms with Gasteiger partial charge in [0.15, 0.2) is 5.60 Å². The Balaban J connectivity index is 2.03. The van der Waals surface area contributed by atoms with Crippen LogP contribution in [-0.4, -0.2) is 19.9 Å². The zero-order chi connectivity index (χ0) is 18.7. The van der Waals surface area contributed by atoms with E-state index in [1.54, 1.807) is 62.4 Å². The Hall–Kier alpha value is -2.09. The Morgan fingerprint density at radius 3 is 2.20 bits per heavy atom. The van der Waals surface area contributed by atoms with Crippen LogP contribution in [0.3, 0.4) is 0 Å². The molecule has 2 aromatic rings. The van der Waals surface area contributed by atoms with E-state index in [4.69, 9.17) is 21.5 Å². The average Bonchev–Trinajstić information content (AvgIpc) is 2.50. The summed E-state index contributed by atoms with van der Waals surface area (Å²) in [6.07, 6.45) is 0. The second-order valence-corrected chi connectivity index (χ2v) is 8.08. The van der Waals surface area contributed by atoms with Crippen LogP contribution in [0.5, 0.6) is 5.75 Å². The summed E-state index contributed by atoms with van der Waals surface area (Å²) in [7, 11) is -3.59. The molecule has 0 aromatic heterocycles. The van der Waals surface area contributed by atoms with Crippen LogP contribution in [-0.2, 0) is 20.6 Å². The standard InChI is InChI=1S/C17H19ClN2O4S/c1-17(2,24-15-9-5-13(18)6-10-15)16(21)20-14-7-3-12(4-8-14)11-25(19,22)23/h3-10H,11H2,1-2H3,(H,20,21)(H2,19,22,23). The van der Waals surface area contributed by atoms with Crippen molar-refractivity contribution in [2.45, 2.75) is 25.2 Å². The van der Waals surface area contributed by atoms with Crippen molar-refractivity contribution in [2.75, 3.05) is 5.32 Å². The maximum atomic E-state index is 12.4. The van der Waals surface area contributed by atoms with E-state index in [1.165, 1.54) is 0 Å². The molecule has 2 aromatic carbocycles. The maximum absolute atomic E-state index is 12.4. The lowest BCUT2D eigenvalue weighted by atomic mass is 10.1. The number of carbonyl (C=O) groups is 1. The third-order valence-corrected chi connectivity index (χ3v) is 4.30. The molecule has 6 nitrogen and oxygen atoms in total. The van der Waals surface area contributed by atoms with E-state index in [0.29, 0.717) is 22.0 Å². The molecule has 0 spiro atoms. The lowest BCUT2D eigenvalue weighted by molar-refractivity contribution is -0.128. The number of amides is 1. The Bertz CT molecular complexity index is 847. The summed E-state index contributed by atoms with van der Waals surface area (Å²) in [5.74, 6) is -0.0819. The molecule has 134 valence electrons. The number of anilines is 1. The van der Waals surface area contributed by atoms with Crippen LogP contribution in [0.15, 0.2) is 48.5 Å². The van der Waals surface area contributed by atoms with Crippen molar-refractivity contribution in [1.82, 2.24) is 0 Å². The first kappa shape index (κ1) is 19.2. The minimum Gasteiger partial charge on any atom is -0.478 e. The van der Waals surface area contributed by atoms with Gasteiger partial charge in [0.05, 0.1) is 5.75 Å². The van der Waals surface area contributed by atoms with Gasteiger partial charge in [-0.2, -0.15) is 0 Å². The van der Waals surface area contributed by atoms with E-state index in [0.717, 1.165) is 0 Å².